The number of carbonyl (C=O) groups excluding carboxylic acids is 2. The first-order chi connectivity index (χ1) is 18.3. The minimum atomic E-state index is -0.488. The third-order valence-electron chi connectivity index (χ3n) is 5.70. The van der Waals surface area contributed by atoms with Crippen LogP contribution in [0, 0.1) is 0 Å². The van der Waals surface area contributed by atoms with Gasteiger partial charge in [0, 0.05) is 23.1 Å². The fourth-order valence-corrected chi connectivity index (χ4v) is 3.66. The first-order valence-electron chi connectivity index (χ1n) is 13.0. The van der Waals surface area contributed by atoms with E-state index in [4.69, 9.17) is 18.9 Å². The summed E-state index contributed by atoms with van der Waals surface area (Å²) >= 11 is 0. The molecule has 0 atom stereocenters. The quantitative estimate of drug-likeness (QED) is 0.163. The van der Waals surface area contributed by atoms with E-state index in [1.807, 2.05) is 12.1 Å². The highest BCUT2D eigenvalue weighted by atomic mass is 16.6. The molecule has 0 heterocycles. The maximum absolute atomic E-state index is 11.9. The van der Waals surface area contributed by atoms with Crippen molar-refractivity contribution in [2.45, 2.75) is 52.9 Å². The molecule has 2 aromatic carbocycles. The lowest BCUT2D eigenvalue weighted by Gasteiger charge is -2.19. The third-order valence-corrected chi connectivity index (χ3v) is 5.70. The molecule has 0 bridgehead atoms. The van der Waals surface area contributed by atoms with Crippen LogP contribution in [0.25, 0.3) is 11.1 Å². The number of ether oxygens (including phenoxy) is 4. The monoisotopic (exact) mass is 524 g/mol. The van der Waals surface area contributed by atoms with Gasteiger partial charge in [0.15, 0.2) is 11.5 Å². The lowest BCUT2D eigenvalue weighted by atomic mass is 9.98. The number of hydrogen-bond acceptors (Lipinski definition) is 7. The number of hydrogen-bond donors (Lipinski definition) is 1. The van der Waals surface area contributed by atoms with E-state index in [9.17, 15) is 14.7 Å². The molecule has 0 amide bonds. The number of carbonyl (C=O) groups is 2. The van der Waals surface area contributed by atoms with Gasteiger partial charge in [-0.25, -0.2) is 9.59 Å². The van der Waals surface area contributed by atoms with Crippen LogP contribution in [0.15, 0.2) is 60.7 Å². The molecule has 2 rings (SSSR count). The highest BCUT2D eigenvalue weighted by Crippen LogP contribution is 2.37. The van der Waals surface area contributed by atoms with Crippen LogP contribution in [-0.4, -0.2) is 50.1 Å². The van der Waals surface area contributed by atoms with E-state index in [-0.39, 0.29) is 33.0 Å². The average Bonchev–Trinajstić information content (AvgIpc) is 2.90. The molecular formula is C31H40O7. The Hall–Kier alpha value is -3.58. The first-order valence-corrected chi connectivity index (χ1v) is 13.0. The average molecular weight is 525 g/mol. The Morgan fingerprint density at radius 2 is 1.45 bits per heavy atom. The molecule has 0 aromatic heterocycles. The van der Waals surface area contributed by atoms with Crippen LogP contribution in [0.1, 0.15) is 51.2 Å². The van der Waals surface area contributed by atoms with Crippen molar-refractivity contribution >= 4 is 11.9 Å². The summed E-state index contributed by atoms with van der Waals surface area (Å²) < 4.78 is 22.3. The highest BCUT2D eigenvalue weighted by Gasteiger charge is 2.17. The molecule has 0 unspecified atom stereocenters. The van der Waals surface area contributed by atoms with Crippen LogP contribution in [0.3, 0.4) is 0 Å². The highest BCUT2D eigenvalue weighted by molar-refractivity contribution is 5.87. The fourth-order valence-electron chi connectivity index (χ4n) is 3.66. The number of esters is 2. The molecule has 0 radical (unpaired) electrons. The van der Waals surface area contributed by atoms with Gasteiger partial charge in [-0.1, -0.05) is 57.2 Å². The number of aryl methyl sites for hydroxylation is 1. The Morgan fingerprint density at radius 1 is 0.789 bits per heavy atom. The van der Waals surface area contributed by atoms with E-state index in [1.165, 1.54) is 18.4 Å². The molecule has 7 nitrogen and oxygen atoms in total. The summed E-state index contributed by atoms with van der Waals surface area (Å²) in [5.41, 5.74) is 4.57. The lowest BCUT2D eigenvalue weighted by molar-refractivity contribution is -0.140. The van der Waals surface area contributed by atoms with E-state index >= 15 is 0 Å². The molecule has 0 saturated heterocycles. The van der Waals surface area contributed by atoms with Gasteiger partial charge in [-0.2, -0.15) is 0 Å². The molecule has 0 aliphatic rings. The normalized spacial score (nSPS) is 10.5. The summed E-state index contributed by atoms with van der Waals surface area (Å²) in [6, 6.07) is 12.3. The van der Waals surface area contributed by atoms with Crippen molar-refractivity contribution in [3.05, 3.63) is 71.8 Å². The molecule has 0 spiro atoms. The minimum absolute atomic E-state index is 0.0351. The lowest BCUT2D eigenvalue weighted by Crippen LogP contribution is -2.14. The van der Waals surface area contributed by atoms with Crippen molar-refractivity contribution in [1.29, 1.82) is 0 Å². The molecule has 38 heavy (non-hydrogen) atoms. The summed E-state index contributed by atoms with van der Waals surface area (Å²) in [5, 5.41) is 9.37. The SMILES string of the molecule is C=C(C)C(=O)OCCOc1cc(-c2ccc(CCCCC)cc2)cc(CCOC(=O)C(=C)C)c1OCCO. The van der Waals surface area contributed by atoms with Gasteiger partial charge in [0.1, 0.15) is 19.8 Å². The van der Waals surface area contributed by atoms with Crippen LogP contribution in [0.4, 0.5) is 0 Å². The molecule has 0 fully saturated rings. The summed E-state index contributed by atoms with van der Waals surface area (Å²) in [6.45, 7) is 12.7. The number of rotatable bonds is 17. The predicted molar refractivity (Wildman–Crippen MR) is 148 cm³/mol. The van der Waals surface area contributed by atoms with Crippen molar-refractivity contribution in [2.75, 3.05) is 33.0 Å². The topological polar surface area (TPSA) is 91.3 Å². The van der Waals surface area contributed by atoms with Crippen molar-refractivity contribution in [3.8, 4) is 22.6 Å². The standard InChI is InChI=1S/C31H40O7/c1-6-7-8-9-24-10-12-25(13-11-24)27-20-26(14-16-37-30(33)22(2)3)29(36-17-15-32)28(21-27)35-18-19-38-31(34)23(4)5/h10-13,20-21,32H,2,4,6-9,14-19H2,1,3,5H3. The summed E-state index contributed by atoms with van der Waals surface area (Å²) in [5.74, 6) is -0.0706. The van der Waals surface area contributed by atoms with Crippen molar-refractivity contribution in [3.63, 3.8) is 0 Å². The molecule has 0 aliphatic carbocycles. The van der Waals surface area contributed by atoms with Gasteiger partial charge in [0.25, 0.3) is 0 Å². The zero-order valence-corrected chi connectivity index (χ0v) is 22.8. The predicted octanol–water partition coefficient (Wildman–Crippen LogP) is 5.62. The van der Waals surface area contributed by atoms with Crippen LogP contribution >= 0.6 is 0 Å². The minimum Gasteiger partial charge on any atom is -0.487 e. The zero-order valence-electron chi connectivity index (χ0n) is 22.8. The smallest absolute Gasteiger partial charge is 0.333 e. The Kier molecular flexibility index (Phi) is 13.1. The van der Waals surface area contributed by atoms with E-state index in [0.717, 1.165) is 29.5 Å². The van der Waals surface area contributed by atoms with Crippen LogP contribution < -0.4 is 9.47 Å². The number of aliphatic hydroxyl groups excluding tert-OH is 1. The maximum Gasteiger partial charge on any atom is 0.333 e. The van der Waals surface area contributed by atoms with Gasteiger partial charge in [0.2, 0.25) is 0 Å². The van der Waals surface area contributed by atoms with Crippen LogP contribution in [-0.2, 0) is 31.9 Å². The third kappa shape index (κ3) is 10.1. The van der Waals surface area contributed by atoms with Crippen LogP contribution in [0.2, 0.25) is 0 Å². The summed E-state index contributed by atoms with van der Waals surface area (Å²) in [4.78, 5) is 23.6. The largest absolute Gasteiger partial charge is 0.487 e. The number of aliphatic hydroxyl groups is 1. The van der Waals surface area contributed by atoms with Crippen LogP contribution in [0.5, 0.6) is 11.5 Å². The molecule has 2 aromatic rings. The summed E-state index contributed by atoms with van der Waals surface area (Å²) in [7, 11) is 0. The second-order valence-corrected chi connectivity index (χ2v) is 9.12. The number of benzene rings is 2. The molecule has 206 valence electrons. The Bertz CT molecular complexity index is 1090. The van der Waals surface area contributed by atoms with Gasteiger partial charge in [0.05, 0.1) is 13.2 Å². The molecular weight excluding hydrogens is 484 g/mol. The molecule has 1 N–H and O–H groups in total. The Morgan fingerprint density at radius 3 is 2.05 bits per heavy atom. The zero-order chi connectivity index (χ0) is 27.9. The second kappa shape index (κ2) is 16.3. The van der Waals surface area contributed by atoms with Gasteiger partial charge in [-0.15, -0.1) is 0 Å². The van der Waals surface area contributed by atoms with Crippen molar-refractivity contribution in [2.24, 2.45) is 0 Å². The van der Waals surface area contributed by atoms with Crippen molar-refractivity contribution in [1.82, 2.24) is 0 Å². The number of unbranched alkanes of at least 4 members (excludes halogenated alkanes) is 2. The molecule has 7 heteroatoms. The summed E-state index contributed by atoms with van der Waals surface area (Å²) in [6.07, 6.45) is 4.96. The van der Waals surface area contributed by atoms with E-state index in [0.29, 0.717) is 29.1 Å². The van der Waals surface area contributed by atoms with Gasteiger partial charge >= 0.3 is 11.9 Å². The van der Waals surface area contributed by atoms with Crippen molar-refractivity contribution < 1.29 is 33.6 Å². The maximum atomic E-state index is 11.9. The van der Waals surface area contributed by atoms with E-state index in [1.54, 1.807) is 13.8 Å². The van der Waals surface area contributed by atoms with E-state index in [2.05, 4.69) is 44.3 Å². The Labute approximate surface area is 226 Å². The van der Waals surface area contributed by atoms with Gasteiger partial charge in [-0.05, 0) is 55.5 Å². The molecule has 0 aliphatic heterocycles. The van der Waals surface area contributed by atoms with Gasteiger partial charge in [-0.3, -0.25) is 0 Å². The van der Waals surface area contributed by atoms with E-state index < -0.39 is 11.9 Å². The second-order valence-electron chi connectivity index (χ2n) is 9.12. The Balaban J connectivity index is 2.35. The van der Waals surface area contributed by atoms with Gasteiger partial charge < -0.3 is 24.1 Å². The fraction of sp³-hybridized carbons (Fsp3) is 0.419. The first kappa shape index (κ1) is 30.6. The molecule has 0 saturated carbocycles.